The topological polar surface area (TPSA) is 58.2 Å². The number of hydrogen-bond acceptors (Lipinski definition) is 2. The molecule has 0 heterocycles. The van der Waals surface area contributed by atoms with E-state index in [1.54, 1.807) is 18.2 Å². The van der Waals surface area contributed by atoms with Crippen LogP contribution in [0.5, 0.6) is 0 Å². The number of amides is 2. The molecule has 0 atom stereocenters. The zero-order valence-electron chi connectivity index (χ0n) is 13.5. The molecule has 2 aromatic carbocycles. The maximum absolute atomic E-state index is 12.1. The predicted molar refractivity (Wildman–Crippen MR) is 98.9 cm³/mol. The van der Waals surface area contributed by atoms with Crippen LogP contribution in [0.25, 0.3) is 0 Å². The predicted octanol–water partition coefficient (Wildman–Crippen LogP) is 4.83. The molecule has 2 aromatic rings. The molecule has 0 bridgehead atoms. The number of benzene rings is 2. The van der Waals surface area contributed by atoms with Gasteiger partial charge in [0.15, 0.2) is 0 Å². The zero-order valence-corrected chi connectivity index (χ0v) is 15.0. The Morgan fingerprint density at radius 2 is 1.75 bits per heavy atom. The first kappa shape index (κ1) is 18.3. The summed E-state index contributed by atoms with van der Waals surface area (Å²) in [5.74, 6) is -0.319. The smallest absolute Gasteiger partial charge is 0.224 e. The van der Waals surface area contributed by atoms with Crippen LogP contribution in [0.4, 0.5) is 11.4 Å². The van der Waals surface area contributed by atoms with Gasteiger partial charge in [-0.1, -0.05) is 35.3 Å². The third-order valence-electron chi connectivity index (χ3n) is 3.44. The van der Waals surface area contributed by atoms with Gasteiger partial charge >= 0.3 is 0 Å². The van der Waals surface area contributed by atoms with Crippen molar-refractivity contribution in [1.29, 1.82) is 0 Å². The van der Waals surface area contributed by atoms with Gasteiger partial charge in [-0.25, -0.2) is 0 Å². The van der Waals surface area contributed by atoms with Crippen LogP contribution in [0.1, 0.15) is 24.5 Å². The molecule has 126 valence electrons. The quantitative estimate of drug-likeness (QED) is 0.797. The van der Waals surface area contributed by atoms with Gasteiger partial charge in [-0.15, -0.1) is 0 Å². The summed E-state index contributed by atoms with van der Waals surface area (Å²) in [5.41, 5.74) is 3.12. The highest BCUT2D eigenvalue weighted by molar-refractivity contribution is 6.34. The Morgan fingerprint density at radius 3 is 2.38 bits per heavy atom. The Bertz CT molecular complexity index is 776. The first-order chi connectivity index (χ1) is 11.3. The largest absolute Gasteiger partial charge is 0.326 e. The van der Waals surface area contributed by atoms with Crippen LogP contribution in [-0.2, 0) is 16.0 Å². The van der Waals surface area contributed by atoms with Crippen LogP contribution < -0.4 is 10.6 Å². The van der Waals surface area contributed by atoms with E-state index in [0.29, 0.717) is 34.3 Å². The monoisotopic (exact) mass is 364 g/mol. The lowest BCUT2D eigenvalue weighted by Crippen LogP contribution is -2.12. The number of nitrogens with one attached hydrogen (secondary N) is 2. The van der Waals surface area contributed by atoms with Crippen molar-refractivity contribution in [3.05, 3.63) is 57.6 Å². The standard InChI is InChI=1S/C18H18Cl2N2O2/c1-11-3-4-13(9-15(11)19)5-8-18(24)22-14-6-7-17(16(20)10-14)21-12(2)23/h3-4,6-7,9-10H,5,8H2,1-2H3,(H,21,23)(H,22,24). The van der Waals surface area contributed by atoms with E-state index >= 15 is 0 Å². The molecule has 0 fully saturated rings. The lowest BCUT2D eigenvalue weighted by atomic mass is 10.1. The normalized spacial score (nSPS) is 10.3. The number of carbonyl (C=O) groups is 2. The SMILES string of the molecule is CC(=O)Nc1ccc(NC(=O)CCc2ccc(C)c(Cl)c2)cc1Cl. The Labute approximate surface area is 151 Å². The average Bonchev–Trinajstić information content (AvgIpc) is 2.51. The van der Waals surface area contributed by atoms with Crippen molar-refractivity contribution < 1.29 is 9.59 Å². The van der Waals surface area contributed by atoms with E-state index in [-0.39, 0.29) is 11.8 Å². The summed E-state index contributed by atoms with van der Waals surface area (Å²) in [6, 6.07) is 10.7. The fourth-order valence-electron chi connectivity index (χ4n) is 2.16. The Morgan fingerprint density at radius 1 is 1.00 bits per heavy atom. The minimum atomic E-state index is -0.203. The van der Waals surface area contributed by atoms with Gasteiger partial charge in [0.05, 0.1) is 10.7 Å². The Hall–Kier alpha value is -2.04. The van der Waals surface area contributed by atoms with Crippen LogP contribution in [0, 0.1) is 6.92 Å². The molecule has 0 aliphatic carbocycles. The maximum Gasteiger partial charge on any atom is 0.224 e. The van der Waals surface area contributed by atoms with E-state index in [9.17, 15) is 9.59 Å². The molecule has 0 aromatic heterocycles. The van der Waals surface area contributed by atoms with E-state index in [2.05, 4.69) is 10.6 Å². The lowest BCUT2D eigenvalue weighted by Gasteiger charge is -2.09. The van der Waals surface area contributed by atoms with E-state index in [1.807, 2.05) is 25.1 Å². The molecule has 0 unspecified atom stereocenters. The average molecular weight is 365 g/mol. The summed E-state index contributed by atoms with van der Waals surface area (Å²) in [6.07, 6.45) is 0.938. The van der Waals surface area contributed by atoms with Crippen LogP contribution >= 0.6 is 23.2 Å². The summed E-state index contributed by atoms with van der Waals surface area (Å²) in [4.78, 5) is 23.1. The number of anilines is 2. The molecule has 0 aliphatic heterocycles. The van der Waals surface area contributed by atoms with Crippen molar-refractivity contribution in [3.8, 4) is 0 Å². The molecular weight excluding hydrogens is 347 g/mol. The van der Waals surface area contributed by atoms with E-state index < -0.39 is 0 Å². The maximum atomic E-state index is 12.1. The van der Waals surface area contributed by atoms with E-state index in [1.165, 1.54) is 6.92 Å². The minimum absolute atomic E-state index is 0.116. The molecule has 2 N–H and O–H groups in total. The molecule has 4 nitrogen and oxygen atoms in total. The molecule has 0 saturated heterocycles. The summed E-state index contributed by atoms with van der Waals surface area (Å²) in [6.45, 7) is 3.34. The summed E-state index contributed by atoms with van der Waals surface area (Å²) >= 11 is 12.2. The second kappa shape index (κ2) is 8.18. The molecular formula is C18H18Cl2N2O2. The number of hydrogen-bond donors (Lipinski definition) is 2. The molecule has 2 amide bonds. The Balaban J connectivity index is 1.93. The van der Waals surface area contributed by atoms with Gasteiger partial charge in [0, 0.05) is 24.1 Å². The highest BCUT2D eigenvalue weighted by Gasteiger charge is 2.07. The van der Waals surface area contributed by atoms with Gasteiger partial charge in [0.1, 0.15) is 0 Å². The first-order valence-corrected chi connectivity index (χ1v) is 8.23. The third-order valence-corrected chi connectivity index (χ3v) is 4.16. The molecule has 0 saturated carbocycles. The van der Waals surface area contributed by atoms with Crippen molar-refractivity contribution in [2.75, 3.05) is 10.6 Å². The second-order valence-electron chi connectivity index (χ2n) is 5.51. The second-order valence-corrected chi connectivity index (χ2v) is 6.32. The third kappa shape index (κ3) is 5.25. The molecule has 0 aliphatic rings. The number of aryl methyl sites for hydroxylation is 2. The van der Waals surface area contributed by atoms with Crippen molar-refractivity contribution in [2.45, 2.75) is 26.7 Å². The van der Waals surface area contributed by atoms with E-state index in [4.69, 9.17) is 23.2 Å². The summed E-state index contributed by atoms with van der Waals surface area (Å²) in [5, 5.41) is 6.48. The molecule has 6 heteroatoms. The van der Waals surface area contributed by atoms with Crippen molar-refractivity contribution in [3.63, 3.8) is 0 Å². The van der Waals surface area contributed by atoms with Gasteiger partial charge in [-0.3, -0.25) is 9.59 Å². The fraction of sp³-hybridized carbons (Fsp3) is 0.222. The van der Waals surface area contributed by atoms with Gasteiger partial charge in [0.25, 0.3) is 0 Å². The van der Waals surface area contributed by atoms with E-state index in [0.717, 1.165) is 11.1 Å². The van der Waals surface area contributed by atoms with Crippen LogP contribution in [0.3, 0.4) is 0 Å². The summed E-state index contributed by atoms with van der Waals surface area (Å²) in [7, 11) is 0. The van der Waals surface area contributed by atoms with Crippen molar-refractivity contribution in [1.82, 2.24) is 0 Å². The highest BCUT2D eigenvalue weighted by atomic mass is 35.5. The number of carbonyl (C=O) groups excluding carboxylic acids is 2. The molecule has 24 heavy (non-hydrogen) atoms. The van der Waals surface area contributed by atoms with Crippen molar-refractivity contribution >= 4 is 46.4 Å². The molecule has 0 radical (unpaired) electrons. The summed E-state index contributed by atoms with van der Waals surface area (Å²) < 4.78 is 0. The fourth-order valence-corrected chi connectivity index (χ4v) is 2.59. The van der Waals surface area contributed by atoms with Gasteiger partial charge in [-0.2, -0.15) is 0 Å². The van der Waals surface area contributed by atoms with Gasteiger partial charge in [0.2, 0.25) is 11.8 Å². The highest BCUT2D eigenvalue weighted by Crippen LogP contribution is 2.25. The minimum Gasteiger partial charge on any atom is -0.326 e. The van der Waals surface area contributed by atoms with Gasteiger partial charge in [-0.05, 0) is 48.7 Å². The lowest BCUT2D eigenvalue weighted by molar-refractivity contribution is -0.116. The van der Waals surface area contributed by atoms with Crippen molar-refractivity contribution in [2.24, 2.45) is 0 Å². The van der Waals surface area contributed by atoms with Gasteiger partial charge < -0.3 is 10.6 Å². The van der Waals surface area contributed by atoms with Crippen LogP contribution in [0.2, 0.25) is 10.0 Å². The van der Waals surface area contributed by atoms with Crippen LogP contribution in [0.15, 0.2) is 36.4 Å². The number of rotatable bonds is 5. The zero-order chi connectivity index (χ0) is 17.7. The van der Waals surface area contributed by atoms with Crippen LogP contribution in [-0.4, -0.2) is 11.8 Å². The molecule has 2 rings (SSSR count). The number of halogens is 2. The Kier molecular flexibility index (Phi) is 6.23. The first-order valence-electron chi connectivity index (χ1n) is 7.47. The molecule has 0 spiro atoms.